The predicted molar refractivity (Wildman–Crippen MR) is 84.9 cm³/mol. The first kappa shape index (κ1) is 16.9. The van der Waals surface area contributed by atoms with E-state index in [1.807, 2.05) is 0 Å². The Bertz CT molecular complexity index is 610. The van der Waals surface area contributed by atoms with E-state index in [0.29, 0.717) is 32.0 Å². The first-order valence-electron chi connectivity index (χ1n) is 7.22. The van der Waals surface area contributed by atoms with Crippen molar-refractivity contribution in [3.63, 3.8) is 0 Å². The van der Waals surface area contributed by atoms with Gasteiger partial charge in [-0.25, -0.2) is 13.4 Å². The highest BCUT2D eigenvalue weighted by Gasteiger charge is 2.36. The van der Waals surface area contributed by atoms with E-state index in [9.17, 15) is 13.2 Å². The fraction of sp³-hybridized carbons (Fsp3) is 0.571. The summed E-state index contributed by atoms with van der Waals surface area (Å²) in [5, 5.41) is 5.77. The zero-order valence-electron chi connectivity index (χ0n) is 12.9. The number of piperazine rings is 1. The second kappa shape index (κ2) is 6.72. The van der Waals surface area contributed by atoms with Crippen LogP contribution in [0.15, 0.2) is 24.4 Å². The van der Waals surface area contributed by atoms with E-state index >= 15 is 0 Å². The molecular weight excluding hydrogens is 304 g/mol. The number of nitrogens with one attached hydrogen (secondary N) is 2. The second-order valence-electron chi connectivity index (χ2n) is 5.96. The van der Waals surface area contributed by atoms with Crippen LogP contribution >= 0.6 is 0 Å². The van der Waals surface area contributed by atoms with Crippen molar-refractivity contribution in [1.82, 2.24) is 14.6 Å². The SMILES string of the molecule is CC(C)(CS(=O)(=O)N1CCNCC1)C(=O)Nc1ccccn1. The molecule has 0 spiro atoms. The fourth-order valence-electron chi connectivity index (χ4n) is 2.26. The molecule has 1 aliphatic rings. The van der Waals surface area contributed by atoms with Gasteiger partial charge >= 0.3 is 0 Å². The smallest absolute Gasteiger partial charge is 0.232 e. The molecule has 1 aromatic heterocycles. The number of hydrogen-bond acceptors (Lipinski definition) is 5. The Morgan fingerprint density at radius 1 is 1.36 bits per heavy atom. The monoisotopic (exact) mass is 326 g/mol. The van der Waals surface area contributed by atoms with E-state index < -0.39 is 15.4 Å². The van der Waals surface area contributed by atoms with E-state index in [4.69, 9.17) is 0 Å². The molecule has 0 aromatic carbocycles. The quantitative estimate of drug-likeness (QED) is 0.811. The van der Waals surface area contributed by atoms with Crippen molar-refractivity contribution in [2.24, 2.45) is 5.41 Å². The predicted octanol–water partition coefficient (Wildman–Crippen LogP) is 0.281. The van der Waals surface area contributed by atoms with Gasteiger partial charge in [0.1, 0.15) is 5.82 Å². The Kier molecular flexibility index (Phi) is 5.15. The van der Waals surface area contributed by atoms with Gasteiger partial charge in [-0.2, -0.15) is 4.31 Å². The molecule has 0 bridgehead atoms. The van der Waals surface area contributed by atoms with E-state index in [0.717, 1.165) is 0 Å². The average molecular weight is 326 g/mol. The minimum Gasteiger partial charge on any atom is -0.314 e. The standard InChI is InChI=1S/C14H22N4O3S/c1-14(2,13(19)17-12-5-3-4-6-16-12)11-22(20,21)18-9-7-15-8-10-18/h3-6,15H,7-11H2,1-2H3,(H,16,17,19). The summed E-state index contributed by atoms with van der Waals surface area (Å²) < 4.78 is 26.4. The molecule has 2 rings (SSSR count). The maximum absolute atomic E-state index is 12.5. The van der Waals surface area contributed by atoms with Gasteiger partial charge in [-0.1, -0.05) is 6.07 Å². The van der Waals surface area contributed by atoms with Crippen LogP contribution in [0.25, 0.3) is 0 Å². The van der Waals surface area contributed by atoms with Gasteiger partial charge in [-0.15, -0.1) is 0 Å². The molecule has 122 valence electrons. The number of carbonyl (C=O) groups is 1. The summed E-state index contributed by atoms with van der Waals surface area (Å²) in [6, 6.07) is 5.17. The summed E-state index contributed by atoms with van der Waals surface area (Å²) in [5.41, 5.74) is -1.04. The Labute approximate surface area is 131 Å². The van der Waals surface area contributed by atoms with Gasteiger partial charge in [0, 0.05) is 32.4 Å². The maximum Gasteiger partial charge on any atom is 0.232 e. The summed E-state index contributed by atoms with van der Waals surface area (Å²) in [4.78, 5) is 16.4. The molecule has 1 saturated heterocycles. The van der Waals surface area contributed by atoms with Crippen molar-refractivity contribution in [3.05, 3.63) is 24.4 Å². The van der Waals surface area contributed by atoms with Crippen LogP contribution in [0.5, 0.6) is 0 Å². The van der Waals surface area contributed by atoms with Gasteiger partial charge in [0.15, 0.2) is 0 Å². The lowest BCUT2D eigenvalue weighted by Gasteiger charge is -2.30. The molecule has 7 nitrogen and oxygen atoms in total. The first-order chi connectivity index (χ1) is 10.3. The molecule has 0 radical (unpaired) electrons. The molecule has 1 aromatic rings. The molecule has 1 aliphatic heterocycles. The van der Waals surface area contributed by atoms with E-state index in [1.165, 1.54) is 4.31 Å². The highest BCUT2D eigenvalue weighted by atomic mass is 32.2. The summed E-state index contributed by atoms with van der Waals surface area (Å²) in [6.07, 6.45) is 1.57. The Morgan fingerprint density at radius 3 is 2.64 bits per heavy atom. The molecular formula is C14H22N4O3S. The molecule has 22 heavy (non-hydrogen) atoms. The number of pyridine rings is 1. The zero-order chi connectivity index (χ0) is 16.2. The third kappa shape index (κ3) is 4.25. The maximum atomic E-state index is 12.5. The van der Waals surface area contributed by atoms with E-state index in [2.05, 4.69) is 15.6 Å². The highest BCUT2D eigenvalue weighted by molar-refractivity contribution is 7.89. The molecule has 1 fully saturated rings. The number of carbonyl (C=O) groups excluding carboxylic acids is 1. The Morgan fingerprint density at radius 2 is 2.05 bits per heavy atom. The number of amides is 1. The van der Waals surface area contributed by atoms with Crippen LogP contribution in [-0.2, 0) is 14.8 Å². The summed E-state index contributed by atoms with van der Waals surface area (Å²) in [5.74, 6) is -0.163. The normalized spacial score (nSPS) is 17.2. The van der Waals surface area contributed by atoms with E-state index in [1.54, 1.807) is 38.2 Å². The number of nitrogens with zero attached hydrogens (tertiary/aromatic N) is 2. The van der Waals surface area contributed by atoms with Gasteiger partial charge in [0.2, 0.25) is 15.9 Å². The summed E-state index contributed by atoms with van der Waals surface area (Å²) in [7, 11) is -3.47. The second-order valence-corrected chi connectivity index (χ2v) is 7.93. The van der Waals surface area contributed by atoms with Crippen LogP contribution in [0.1, 0.15) is 13.8 Å². The lowest BCUT2D eigenvalue weighted by molar-refractivity contribution is -0.123. The number of anilines is 1. The van der Waals surface area contributed by atoms with Gasteiger partial charge in [0.25, 0.3) is 0 Å². The minimum atomic E-state index is -3.47. The minimum absolute atomic E-state index is 0.224. The molecule has 2 N–H and O–H groups in total. The summed E-state index contributed by atoms with van der Waals surface area (Å²) >= 11 is 0. The van der Waals surface area contributed by atoms with Crippen LogP contribution in [0.3, 0.4) is 0 Å². The molecule has 0 atom stereocenters. The Balaban J connectivity index is 2.04. The number of sulfonamides is 1. The van der Waals surface area contributed by atoms with Gasteiger partial charge in [0.05, 0.1) is 11.2 Å². The zero-order valence-corrected chi connectivity index (χ0v) is 13.7. The van der Waals surface area contributed by atoms with Gasteiger partial charge in [-0.05, 0) is 26.0 Å². The molecule has 0 unspecified atom stereocenters. The van der Waals surface area contributed by atoms with Crippen LogP contribution in [0.2, 0.25) is 0 Å². The molecule has 1 amide bonds. The van der Waals surface area contributed by atoms with Crippen molar-refractivity contribution in [2.75, 3.05) is 37.2 Å². The van der Waals surface area contributed by atoms with Crippen LogP contribution < -0.4 is 10.6 Å². The third-order valence-corrected chi connectivity index (χ3v) is 5.77. The van der Waals surface area contributed by atoms with Crippen molar-refractivity contribution in [1.29, 1.82) is 0 Å². The topological polar surface area (TPSA) is 91.4 Å². The fourth-order valence-corrected chi connectivity index (χ4v) is 4.22. The summed E-state index contributed by atoms with van der Waals surface area (Å²) in [6.45, 7) is 5.43. The molecule has 0 aliphatic carbocycles. The lowest BCUT2D eigenvalue weighted by atomic mass is 9.95. The van der Waals surface area contributed by atoms with Gasteiger partial charge < -0.3 is 10.6 Å². The van der Waals surface area contributed by atoms with Crippen molar-refractivity contribution >= 4 is 21.7 Å². The number of hydrogen-bond donors (Lipinski definition) is 2. The van der Waals surface area contributed by atoms with Crippen LogP contribution in [0, 0.1) is 5.41 Å². The van der Waals surface area contributed by atoms with Crippen LogP contribution in [-0.4, -0.2) is 55.5 Å². The molecule has 8 heteroatoms. The largest absolute Gasteiger partial charge is 0.314 e. The van der Waals surface area contributed by atoms with Crippen LogP contribution in [0.4, 0.5) is 5.82 Å². The average Bonchev–Trinajstić information content (AvgIpc) is 2.48. The first-order valence-corrected chi connectivity index (χ1v) is 8.83. The number of aromatic nitrogens is 1. The third-order valence-electron chi connectivity index (χ3n) is 3.53. The molecule has 0 saturated carbocycles. The Hall–Kier alpha value is -1.51. The van der Waals surface area contributed by atoms with Crippen molar-refractivity contribution in [2.45, 2.75) is 13.8 Å². The van der Waals surface area contributed by atoms with Crippen molar-refractivity contribution < 1.29 is 13.2 Å². The molecule has 2 heterocycles. The van der Waals surface area contributed by atoms with E-state index in [-0.39, 0.29) is 11.7 Å². The van der Waals surface area contributed by atoms with Gasteiger partial charge in [-0.3, -0.25) is 4.79 Å². The highest BCUT2D eigenvalue weighted by Crippen LogP contribution is 2.22. The number of rotatable bonds is 5. The lowest BCUT2D eigenvalue weighted by Crippen LogP contribution is -2.50. The van der Waals surface area contributed by atoms with Crippen molar-refractivity contribution in [3.8, 4) is 0 Å².